The molecule has 1 N–H and O–H groups in total. The Kier molecular flexibility index (Phi) is 6.23. The molecule has 1 aliphatic rings. The van der Waals surface area contributed by atoms with Crippen LogP contribution in [-0.4, -0.2) is 56.2 Å². The van der Waals surface area contributed by atoms with Crippen molar-refractivity contribution in [2.75, 3.05) is 39.7 Å². The molecule has 0 atom stereocenters. The van der Waals surface area contributed by atoms with Crippen LogP contribution in [-0.2, 0) is 22.5 Å². The van der Waals surface area contributed by atoms with Gasteiger partial charge in [-0.3, -0.25) is 9.78 Å². The molecule has 0 bridgehead atoms. The van der Waals surface area contributed by atoms with Crippen LogP contribution in [0.1, 0.15) is 21.6 Å². The fourth-order valence-corrected chi connectivity index (χ4v) is 3.84. The van der Waals surface area contributed by atoms with Crippen molar-refractivity contribution in [1.82, 2.24) is 9.88 Å². The molecule has 0 radical (unpaired) electrons. The monoisotopic (exact) mass is 435 g/mol. The number of likely N-dealkylation sites (N-methyl/N-ethyl adjacent to an activating group) is 1. The number of fused-ring (bicyclic) bond motifs is 2. The Morgan fingerprint density at radius 2 is 1.81 bits per heavy atom. The summed E-state index contributed by atoms with van der Waals surface area (Å²) in [7, 11) is 5.06. The van der Waals surface area contributed by atoms with Crippen molar-refractivity contribution in [3.8, 4) is 11.5 Å². The van der Waals surface area contributed by atoms with E-state index < -0.39 is 18.5 Å². The van der Waals surface area contributed by atoms with E-state index in [4.69, 9.17) is 19.2 Å². The molecule has 1 aliphatic heterocycles. The highest BCUT2D eigenvalue weighted by molar-refractivity contribution is 6.06. The van der Waals surface area contributed by atoms with Gasteiger partial charge in [-0.15, -0.1) is 0 Å². The average Bonchev–Trinajstić information content (AvgIpc) is 2.80. The van der Waals surface area contributed by atoms with E-state index in [0.29, 0.717) is 29.3 Å². The van der Waals surface area contributed by atoms with Crippen LogP contribution in [0, 0.1) is 0 Å². The summed E-state index contributed by atoms with van der Waals surface area (Å²) in [5.41, 5.74) is 3.47. The number of hydrogen-bond donors (Lipinski definition) is 1. The van der Waals surface area contributed by atoms with Crippen LogP contribution >= 0.6 is 0 Å². The number of ether oxygens (including phenoxy) is 3. The Morgan fingerprint density at radius 3 is 2.53 bits per heavy atom. The second kappa shape index (κ2) is 9.23. The predicted octanol–water partition coefficient (Wildman–Crippen LogP) is 3.04. The topological polar surface area (TPSA) is 90.0 Å². The highest BCUT2D eigenvalue weighted by Crippen LogP contribution is 2.29. The zero-order valence-corrected chi connectivity index (χ0v) is 18.3. The highest BCUT2D eigenvalue weighted by atomic mass is 16.5. The molecular formula is C24H25N3O5. The quantitative estimate of drug-likeness (QED) is 0.595. The molecule has 166 valence electrons. The minimum absolute atomic E-state index is 0.417. The van der Waals surface area contributed by atoms with Gasteiger partial charge in [0.15, 0.2) is 6.61 Å². The third-order valence-corrected chi connectivity index (χ3v) is 5.41. The molecule has 8 nitrogen and oxygen atoms in total. The molecule has 2 aromatic carbocycles. The summed E-state index contributed by atoms with van der Waals surface area (Å²) < 4.78 is 15.8. The third kappa shape index (κ3) is 4.50. The van der Waals surface area contributed by atoms with Crippen molar-refractivity contribution >= 4 is 28.5 Å². The predicted molar refractivity (Wildman–Crippen MR) is 120 cm³/mol. The van der Waals surface area contributed by atoms with Crippen molar-refractivity contribution in [2.24, 2.45) is 0 Å². The van der Waals surface area contributed by atoms with E-state index in [1.54, 1.807) is 18.2 Å². The molecule has 0 unspecified atom stereocenters. The van der Waals surface area contributed by atoms with E-state index in [0.717, 1.165) is 35.1 Å². The zero-order chi connectivity index (χ0) is 22.7. The summed E-state index contributed by atoms with van der Waals surface area (Å²) in [5, 5.41) is 3.43. The summed E-state index contributed by atoms with van der Waals surface area (Å²) in [6, 6.07) is 12.5. The summed E-state index contributed by atoms with van der Waals surface area (Å²) >= 11 is 0. The summed E-state index contributed by atoms with van der Waals surface area (Å²) in [4.78, 5) is 32.4. The number of methoxy groups -OCH3 is 2. The minimum Gasteiger partial charge on any atom is -0.497 e. The van der Waals surface area contributed by atoms with E-state index in [1.807, 2.05) is 31.3 Å². The lowest BCUT2D eigenvalue weighted by Gasteiger charge is -2.26. The molecule has 0 spiro atoms. The van der Waals surface area contributed by atoms with E-state index >= 15 is 0 Å². The van der Waals surface area contributed by atoms with Gasteiger partial charge in [-0.1, -0.05) is 18.2 Å². The Morgan fingerprint density at radius 1 is 1.09 bits per heavy atom. The van der Waals surface area contributed by atoms with Crippen LogP contribution < -0.4 is 14.8 Å². The number of nitrogens with zero attached hydrogens (tertiary/aromatic N) is 2. The summed E-state index contributed by atoms with van der Waals surface area (Å²) in [6.45, 7) is 1.06. The number of benzene rings is 2. The number of carbonyl (C=O) groups is 2. The van der Waals surface area contributed by atoms with Crippen LogP contribution in [0.5, 0.6) is 11.5 Å². The number of para-hydroxylation sites is 1. The van der Waals surface area contributed by atoms with Crippen molar-refractivity contribution in [1.29, 1.82) is 0 Å². The first kappa shape index (κ1) is 21.6. The number of aromatic nitrogens is 1. The number of carbonyl (C=O) groups excluding carboxylic acids is 2. The van der Waals surface area contributed by atoms with Crippen LogP contribution in [0.3, 0.4) is 0 Å². The van der Waals surface area contributed by atoms with Gasteiger partial charge in [-0.25, -0.2) is 4.79 Å². The molecule has 4 rings (SSSR count). The van der Waals surface area contributed by atoms with Crippen molar-refractivity contribution in [2.45, 2.75) is 13.0 Å². The number of hydrogen-bond acceptors (Lipinski definition) is 7. The number of pyridine rings is 1. The van der Waals surface area contributed by atoms with Crippen LogP contribution in [0.4, 0.5) is 5.69 Å². The Bertz CT molecular complexity index is 1160. The molecule has 0 saturated heterocycles. The third-order valence-electron chi connectivity index (χ3n) is 5.41. The second-order valence-electron chi connectivity index (χ2n) is 7.64. The molecule has 1 amide bonds. The first-order valence-corrected chi connectivity index (χ1v) is 10.3. The maximum Gasteiger partial charge on any atom is 0.339 e. The van der Waals surface area contributed by atoms with Gasteiger partial charge < -0.3 is 24.4 Å². The first-order valence-electron chi connectivity index (χ1n) is 10.3. The minimum atomic E-state index is -0.534. The maximum absolute atomic E-state index is 13.1. The number of anilines is 1. The molecule has 8 heteroatoms. The highest BCUT2D eigenvalue weighted by Gasteiger charge is 2.25. The SMILES string of the molecule is COc1cc(NC(=O)COC(=O)c2c3c(nc4ccccc24)CCN(C)C3)cc(OC)c1. The van der Waals surface area contributed by atoms with Gasteiger partial charge in [-0.05, 0) is 13.1 Å². The van der Waals surface area contributed by atoms with Crippen molar-refractivity contribution in [3.63, 3.8) is 0 Å². The van der Waals surface area contributed by atoms with Gasteiger partial charge in [-0.2, -0.15) is 0 Å². The van der Waals surface area contributed by atoms with Gasteiger partial charge in [0.1, 0.15) is 11.5 Å². The summed E-state index contributed by atoms with van der Waals surface area (Å²) in [6.07, 6.45) is 0.759. The Hall–Kier alpha value is -3.65. The van der Waals surface area contributed by atoms with Gasteiger partial charge >= 0.3 is 5.97 Å². The van der Waals surface area contributed by atoms with Gasteiger partial charge in [0, 0.05) is 60.0 Å². The lowest BCUT2D eigenvalue weighted by atomic mass is 9.96. The number of esters is 1. The molecule has 0 fully saturated rings. The van der Waals surface area contributed by atoms with Crippen molar-refractivity contribution < 1.29 is 23.8 Å². The lowest BCUT2D eigenvalue weighted by molar-refractivity contribution is -0.119. The normalized spacial score (nSPS) is 13.3. The fourth-order valence-electron chi connectivity index (χ4n) is 3.84. The van der Waals surface area contributed by atoms with Crippen LogP contribution in [0.25, 0.3) is 10.9 Å². The van der Waals surface area contributed by atoms with Crippen molar-refractivity contribution in [3.05, 3.63) is 59.3 Å². The van der Waals surface area contributed by atoms with E-state index in [1.165, 1.54) is 14.2 Å². The molecule has 2 heterocycles. The average molecular weight is 435 g/mol. The molecule has 1 aromatic heterocycles. The largest absolute Gasteiger partial charge is 0.497 e. The maximum atomic E-state index is 13.1. The first-order chi connectivity index (χ1) is 15.5. The Labute approximate surface area is 186 Å². The van der Waals surface area contributed by atoms with E-state index in [2.05, 4.69) is 10.2 Å². The molecule has 3 aromatic rings. The fraction of sp³-hybridized carbons (Fsp3) is 0.292. The van der Waals surface area contributed by atoms with Gasteiger partial charge in [0.25, 0.3) is 5.91 Å². The van der Waals surface area contributed by atoms with Gasteiger partial charge in [0.05, 0.1) is 25.3 Å². The number of nitrogens with one attached hydrogen (secondary N) is 1. The number of rotatable bonds is 6. The van der Waals surface area contributed by atoms with E-state index in [-0.39, 0.29) is 0 Å². The smallest absolute Gasteiger partial charge is 0.339 e. The zero-order valence-electron chi connectivity index (χ0n) is 18.3. The standard InChI is InChI=1S/C24H25N3O5/c1-27-9-8-21-19(13-27)23(18-6-4-5-7-20(18)26-21)24(29)32-14-22(28)25-15-10-16(30-2)12-17(11-15)31-3/h4-7,10-12H,8-9,13-14H2,1-3H3,(H,25,28). The number of amides is 1. The van der Waals surface area contributed by atoms with E-state index in [9.17, 15) is 9.59 Å². The second-order valence-corrected chi connectivity index (χ2v) is 7.64. The summed E-state index contributed by atoms with van der Waals surface area (Å²) in [5.74, 6) is 0.0813. The molecule has 32 heavy (non-hydrogen) atoms. The lowest BCUT2D eigenvalue weighted by Crippen LogP contribution is -2.30. The molecular weight excluding hydrogens is 410 g/mol. The molecule has 0 aliphatic carbocycles. The van der Waals surface area contributed by atoms with Crippen LogP contribution in [0.15, 0.2) is 42.5 Å². The van der Waals surface area contributed by atoms with Gasteiger partial charge in [0.2, 0.25) is 0 Å². The Balaban J connectivity index is 1.53. The van der Waals surface area contributed by atoms with Crippen LogP contribution in [0.2, 0.25) is 0 Å². The molecule has 0 saturated carbocycles.